The number of ether oxygens (including phenoxy) is 2. The number of rotatable bonds is 5. The summed E-state index contributed by atoms with van der Waals surface area (Å²) in [6.45, 7) is 6.17. The quantitative estimate of drug-likeness (QED) is 0.597. The molecule has 0 unspecified atom stereocenters. The topological polar surface area (TPSA) is 65.4 Å². The minimum atomic E-state index is -4.46. The average Bonchev–Trinajstić information content (AvgIpc) is 3.38. The molecule has 1 aliphatic rings. The summed E-state index contributed by atoms with van der Waals surface area (Å²) in [6.07, 6.45) is -4.34. The van der Waals surface area contributed by atoms with Crippen LogP contribution in [0.25, 0.3) is 5.69 Å². The van der Waals surface area contributed by atoms with E-state index in [-0.39, 0.29) is 36.8 Å². The molecule has 2 heterocycles. The van der Waals surface area contributed by atoms with Gasteiger partial charge in [0.1, 0.15) is 0 Å². The van der Waals surface area contributed by atoms with Crippen molar-refractivity contribution in [2.45, 2.75) is 45.3 Å². The molecule has 6 nitrogen and oxygen atoms in total. The molecule has 0 spiro atoms. The lowest BCUT2D eigenvalue weighted by molar-refractivity contribution is -0.137. The summed E-state index contributed by atoms with van der Waals surface area (Å²) in [4.78, 5) is 12.6. The molecule has 1 amide bonds. The number of nitrogens with one attached hydrogen (secondary N) is 1. The van der Waals surface area contributed by atoms with Gasteiger partial charge in [-0.1, -0.05) is 32.9 Å². The number of carbonyl (C=O) groups excluding carboxylic acids is 1. The fourth-order valence-electron chi connectivity index (χ4n) is 3.44. The summed E-state index contributed by atoms with van der Waals surface area (Å²) in [5.41, 5.74) is 1.25. The van der Waals surface area contributed by atoms with Gasteiger partial charge in [0.15, 0.2) is 11.5 Å². The Balaban J connectivity index is 1.54. The van der Waals surface area contributed by atoms with Crippen molar-refractivity contribution in [3.8, 4) is 17.2 Å². The van der Waals surface area contributed by atoms with Gasteiger partial charge in [-0.25, -0.2) is 4.68 Å². The summed E-state index contributed by atoms with van der Waals surface area (Å²) in [6, 6.07) is 12.1. The molecule has 0 radical (unpaired) electrons. The van der Waals surface area contributed by atoms with E-state index in [1.54, 1.807) is 30.3 Å². The largest absolute Gasteiger partial charge is 0.454 e. The number of carbonyl (C=O) groups is 1. The van der Waals surface area contributed by atoms with Gasteiger partial charge in [-0.15, -0.1) is 0 Å². The molecule has 3 aromatic rings. The van der Waals surface area contributed by atoms with Crippen molar-refractivity contribution in [3.63, 3.8) is 0 Å². The zero-order chi connectivity index (χ0) is 23.8. The molecule has 1 N–H and O–H groups in total. The highest BCUT2D eigenvalue weighted by atomic mass is 19.4. The van der Waals surface area contributed by atoms with Gasteiger partial charge in [0, 0.05) is 5.41 Å². The van der Waals surface area contributed by atoms with E-state index in [0.29, 0.717) is 22.9 Å². The Bertz CT molecular complexity index is 1180. The van der Waals surface area contributed by atoms with Crippen LogP contribution in [0, 0.1) is 0 Å². The van der Waals surface area contributed by atoms with Gasteiger partial charge in [-0.3, -0.25) is 4.79 Å². The van der Waals surface area contributed by atoms with Crippen LogP contribution in [0.2, 0.25) is 0 Å². The molecule has 4 rings (SSSR count). The predicted molar refractivity (Wildman–Crippen MR) is 115 cm³/mol. The van der Waals surface area contributed by atoms with Gasteiger partial charge >= 0.3 is 6.18 Å². The standard InChI is InChI=1S/C24H24F3N3O3/c1-23(2,3)21-12-18(30(29-21)17-6-4-5-16(11-17)24(25,26)27)13-28-22(31)10-15-7-8-19-20(9-15)33-14-32-19/h4-9,11-12H,10,13-14H2,1-3H3,(H,28,31). The minimum Gasteiger partial charge on any atom is -0.454 e. The molecule has 2 aromatic carbocycles. The molecule has 9 heteroatoms. The molecule has 0 aliphatic carbocycles. The third-order valence-electron chi connectivity index (χ3n) is 5.24. The molecule has 1 aromatic heterocycles. The zero-order valence-electron chi connectivity index (χ0n) is 18.5. The molecule has 33 heavy (non-hydrogen) atoms. The van der Waals surface area contributed by atoms with Crippen LogP contribution in [0.4, 0.5) is 13.2 Å². The van der Waals surface area contributed by atoms with E-state index >= 15 is 0 Å². The van der Waals surface area contributed by atoms with Gasteiger partial charge in [0.25, 0.3) is 0 Å². The molecule has 0 bridgehead atoms. The average molecular weight is 459 g/mol. The van der Waals surface area contributed by atoms with Gasteiger partial charge in [-0.05, 0) is 42.0 Å². The van der Waals surface area contributed by atoms with Crippen LogP contribution in [0.15, 0.2) is 48.5 Å². The lowest BCUT2D eigenvalue weighted by Gasteiger charge is -2.14. The number of aromatic nitrogens is 2. The van der Waals surface area contributed by atoms with Crippen LogP contribution < -0.4 is 14.8 Å². The first kappa shape index (κ1) is 22.7. The number of fused-ring (bicyclic) bond motifs is 1. The SMILES string of the molecule is CC(C)(C)c1cc(CNC(=O)Cc2ccc3c(c2)OCO3)n(-c2cccc(C(F)(F)F)c2)n1. The Hall–Kier alpha value is -3.49. The van der Waals surface area contributed by atoms with E-state index in [9.17, 15) is 18.0 Å². The summed E-state index contributed by atoms with van der Waals surface area (Å²) in [7, 11) is 0. The first-order valence-electron chi connectivity index (χ1n) is 10.4. The van der Waals surface area contributed by atoms with Crippen LogP contribution in [-0.4, -0.2) is 22.5 Å². The fraction of sp³-hybridized carbons (Fsp3) is 0.333. The van der Waals surface area contributed by atoms with Crippen molar-refractivity contribution < 1.29 is 27.4 Å². The lowest BCUT2D eigenvalue weighted by Crippen LogP contribution is -2.25. The second kappa shape index (κ2) is 8.46. The van der Waals surface area contributed by atoms with Crippen molar-refractivity contribution in [3.05, 3.63) is 71.0 Å². The first-order chi connectivity index (χ1) is 15.5. The highest BCUT2D eigenvalue weighted by molar-refractivity contribution is 5.78. The van der Waals surface area contributed by atoms with Crippen LogP contribution in [0.5, 0.6) is 11.5 Å². The molecule has 0 fully saturated rings. The lowest BCUT2D eigenvalue weighted by atomic mass is 9.92. The minimum absolute atomic E-state index is 0.114. The smallest absolute Gasteiger partial charge is 0.416 e. The molecular formula is C24H24F3N3O3. The number of amides is 1. The predicted octanol–water partition coefficient (Wildman–Crippen LogP) is 4.78. The monoisotopic (exact) mass is 459 g/mol. The molecular weight excluding hydrogens is 435 g/mol. The summed E-state index contributed by atoms with van der Waals surface area (Å²) < 4.78 is 51.7. The van der Waals surface area contributed by atoms with Crippen molar-refractivity contribution in [2.75, 3.05) is 6.79 Å². The van der Waals surface area contributed by atoms with E-state index in [1.807, 2.05) is 20.8 Å². The Labute approximate surface area is 189 Å². The molecule has 0 saturated heterocycles. The van der Waals surface area contributed by atoms with E-state index in [2.05, 4.69) is 10.4 Å². The normalized spacial score (nSPS) is 13.3. The number of halogens is 3. The summed E-state index contributed by atoms with van der Waals surface area (Å²) in [5, 5.41) is 7.38. The third kappa shape index (κ3) is 5.13. The maximum absolute atomic E-state index is 13.2. The van der Waals surface area contributed by atoms with Crippen molar-refractivity contribution in [1.82, 2.24) is 15.1 Å². The summed E-state index contributed by atoms with van der Waals surface area (Å²) in [5.74, 6) is 1.000. The highest BCUT2D eigenvalue weighted by Crippen LogP contribution is 2.33. The molecule has 0 atom stereocenters. The molecule has 1 aliphatic heterocycles. The van der Waals surface area contributed by atoms with Crippen LogP contribution in [0.1, 0.15) is 43.3 Å². The van der Waals surface area contributed by atoms with Gasteiger partial charge < -0.3 is 14.8 Å². The number of nitrogens with zero attached hydrogens (tertiary/aromatic N) is 2. The Morgan fingerprint density at radius 3 is 2.55 bits per heavy atom. The van der Waals surface area contributed by atoms with Crippen LogP contribution in [0.3, 0.4) is 0 Å². The number of hydrogen-bond acceptors (Lipinski definition) is 4. The fourth-order valence-corrected chi connectivity index (χ4v) is 3.44. The Kier molecular flexibility index (Phi) is 5.82. The van der Waals surface area contributed by atoms with Crippen LogP contribution in [-0.2, 0) is 29.4 Å². The van der Waals surface area contributed by atoms with E-state index in [1.165, 1.54) is 10.7 Å². The van der Waals surface area contributed by atoms with Gasteiger partial charge in [-0.2, -0.15) is 18.3 Å². The van der Waals surface area contributed by atoms with Crippen molar-refractivity contribution >= 4 is 5.91 Å². The van der Waals surface area contributed by atoms with E-state index < -0.39 is 11.7 Å². The zero-order valence-corrected chi connectivity index (χ0v) is 18.5. The van der Waals surface area contributed by atoms with Gasteiger partial charge in [0.2, 0.25) is 12.7 Å². The second-order valence-corrected chi connectivity index (χ2v) is 8.87. The Morgan fingerprint density at radius 1 is 1.06 bits per heavy atom. The maximum Gasteiger partial charge on any atom is 0.416 e. The maximum atomic E-state index is 13.2. The van der Waals surface area contributed by atoms with E-state index in [0.717, 1.165) is 17.7 Å². The number of benzene rings is 2. The first-order valence-corrected chi connectivity index (χ1v) is 10.4. The molecule has 174 valence electrons. The number of hydrogen-bond donors (Lipinski definition) is 1. The number of alkyl halides is 3. The van der Waals surface area contributed by atoms with Gasteiger partial charge in [0.05, 0.1) is 35.6 Å². The molecule has 0 saturated carbocycles. The third-order valence-corrected chi connectivity index (χ3v) is 5.24. The highest BCUT2D eigenvalue weighted by Gasteiger charge is 2.31. The van der Waals surface area contributed by atoms with Crippen molar-refractivity contribution in [1.29, 1.82) is 0 Å². The van der Waals surface area contributed by atoms with Crippen LogP contribution >= 0.6 is 0 Å². The Morgan fingerprint density at radius 2 is 1.82 bits per heavy atom. The van der Waals surface area contributed by atoms with Crippen molar-refractivity contribution in [2.24, 2.45) is 0 Å². The second-order valence-electron chi connectivity index (χ2n) is 8.87. The summed E-state index contributed by atoms with van der Waals surface area (Å²) >= 11 is 0. The van der Waals surface area contributed by atoms with E-state index in [4.69, 9.17) is 9.47 Å².